The maximum atomic E-state index is 5.89. The molecule has 0 amide bonds. The Hall–Kier alpha value is -2.28. The minimum atomic E-state index is 0.165. The Morgan fingerprint density at radius 1 is 1.20 bits per heavy atom. The van der Waals surface area contributed by atoms with Gasteiger partial charge in [0, 0.05) is 44.1 Å². The van der Waals surface area contributed by atoms with Crippen molar-refractivity contribution in [3.63, 3.8) is 0 Å². The topological polar surface area (TPSA) is 107 Å². The lowest BCUT2D eigenvalue weighted by molar-refractivity contribution is 0.114. The number of pyridine rings is 1. The van der Waals surface area contributed by atoms with Gasteiger partial charge in [-0.25, -0.2) is 4.98 Å². The highest BCUT2D eigenvalue weighted by molar-refractivity contribution is 6.29. The summed E-state index contributed by atoms with van der Waals surface area (Å²) < 4.78 is 5.89. The largest absolute Gasteiger partial charge is 0.474 e. The fraction of sp³-hybridized carbons (Fsp3) is 0.471. The number of piperazine rings is 1. The first-order valence-corrected chi connectivity index (χ1v) is 8.91. The molecule has 0 spiro atoms. The molecule has 1 aliphatic carbocycles. The number of aromatic nitrogens is 1. The number of halogens is 1. The molecule has 1 saturated carbocycles. The number of ether oxygens (including phenoxy) is 1. The van der Waals surface area contributed by atoms with Gasteiger partial charge in [-0.05, 0) is 31.4 Å². The van der Waals surface area contributed by atoms with Crippen LogP contribution in [0.3, 0.4) is 0 Å². The van der Waals surface area contributed by atoms with Crippen LogP contribution in [0.5, 0.6) is 5.88 Å². The second-order valence-corrected chi connectivity index (χ2v) is 6.80. The molecule has 0 bridgehead atoms. The number of anilines is 1. The summed E-state index contributed by atoms with van der Waals surface area (Å²) in [6, 6.07) is 4.02. The molecule has 1 aliphatic heterocycles. The van der Waals surface area contributed by atoms with Gasteiger partial charge in [-0.15, -0.1) is 0 Å². The van der Waals surface area contributed by atoms with Crippen LogP contribution in [-0.2, 0) is 0 Å². The first-order valence-electron chi connectivity index (χ1n) is 8.53. The van der Waals surface area contributed by atoms with E-state index in [4.69, 9.17) is 33.5 Å². The van der Waals surface area contributed by atoms with Crippen molar-refractivity contribution in [2.45, 2.75) is 25.4 Å². The second kappa shape index (κ2) is 7.74. The summed E-state index contributed by atoms with van der Waals surface area (Å²) in [6.45, 7) is 3.21. The molecule has 1 aromatic rings. The summed E-state index contributed by atoms with van der Waals surface area (Å²) in [4.78, 5) is 8.71. The zero-order valence-corrected chi connectivity index (χ0v) is 15.0. The predicted molar refractivity (Wildman–Crippen MR) is 99.8 cm³/mol. The van der Waals surface area contributed by atoms with Crippen molar-refractivity contribution in [2.75, 3.05) is 31.1 Å². The molecule has 3 rings (SSSR count). The van der Waals surface area contributed by atoms with Gasteiger partial charge in [0.05, 0.1) is 5.70 Å². The number of allylic oxidation sites excluding steroid dienone is 1. The van der Waals surface area contributed by atoms with E-state index < -0.39 is 0 Å². The van der Waals surface area contributed by atoms with E-state index in [1.54, 1.807) is 12.3 Å². The summed E-state index contributed by atoms with van der Waals surface area (Å²) >= 11 is 5.77. The standard InChI is InChI=1S/C17H25ClN6O/c18-15(19)11-14(17(20)21)24-8-6-23(7-9-24)12-4-5-22-16(10-12)25-13-2-1-3-13/h4-5,10-11,13H,1-3,6-9,19-21H2/b15-11-. The zero-order chi connectivity index (χ0) is 17.8. The van der Waals surface area contributed by atoms with Crippen LogP contribution < -0.4 is 26.8 Å². The van der Waals surface area contributed by atoms with Crippen LogP contribution >= 0.6 is 11.6 Å². The zero-order valence-electron chi connectivity index (χ0n) is 14.2. The van der Waals surface area contributed by atoms with E-state index in [9.17, 15) is 0 Å². The SMILES string of the molecule is NC(N)=C(/C=C(\N)Cl)N1CCN(c2ccnc(OC3CCC3)c2)CC1. The van der Waals surface area contributed by atoms with Crippen molar-refractivity contribution >= 4 is 17.3 Å². The summed E-state index contributed by atoms with van der Waals surface area (Å²) in [7, 11) is 0. The number of nitrogens with two attached hydrogens (primary N) is 3. The van der Waals surface area contributed by atoms with E-state index >= 15 is 0 Å². The third kappa shape index (κ3) is 4.42. The Kier molecular flexibility index (Phi) is 5.43. The van der Waals surface area contributed by atoms with Gasteiger partial charge in [0.25, 0.3) is 0 Å². The molecule has 0 atom stereocenters. The highest BCUT2D eigenvalue weighted by atomic mass is 35.5. The molecule has 2 aliphatic rings. The summed E-state index contributed by atoms with van der Waals surface area (Å²) in [5, 5.41) is 0.165. The monoisotopic (exact) mass is 364 g/mol. The number of nitrogens with zero attached hydrogens (tertiary/aromatic N) is 3. The van der Waals surface area contributed by atoms with Gasteiger partial charge >= 0.3 is 0 Å². The fourth-order valence-electron chi connectivity index (χ4n) is 3.01. The quantitative estimate of drug-likeness (QED) is 0.533. The van der Waals surface area contributed by atoms with Gasteiger partial charge in [-0.1, -0.05) is 11.6 Å². The molecule has 7 nitrogen and oxygen atoms in total. The Balaban J connectivity index is 1.63. The lowest BCUT2D eigenvalue weighted by Gasteiger charge is -2.38. The molecule has 136 valence electrons. The van der Waals surface area contributed by atoms with Gasteiger partial charge in [-0.2, -0.15) is 0 Å². The summed E-state index contributed by atoms with van der Waals surface area (Å²) in [6.07, 6.45) is 7.22. The molecule has 25 heavy (non-hydrogen) atoms. The minimum Gasteiger partial charge on any atom is -0.474 e. The van der Waals surface area contributed by atoms with Crippen molar-refractivity contribution in [1.82, 2.24) is 9.88 Å². The van der Waals surface area contributed by atoms with E-state index in [1.807, 2.05) is 12.1 Å². The number of hydrogen-bond acceptors (Lipinski definition) is 7. The second-order valence-electron chi connectivity index (χ2n) is 6.37. The lowest BCUT2D eigenvalue weighted by atomic mass is 9.96. The maximum absolute atomic E-state index is 5.89. The van der Waals surface area contributed by atoms with E-state index in [1.165, 1.54) is 6.42 Å². The first-order chi connectivity index (χ1) is 12.0. The van der Waals surface area contributed by atoms with Crippen molar-refractivity contribution in [3.05, 3.63) is 41.1 Å². The van der Waals surface area contributed by atoms with Crippen LogP contribution in [-0.4, -0.2) is 42.2 Å². The van der Waals surface area contributed by atoms with Crippen molar-refractivity contribution < 1.29 is 4.74 Å². The van der Waals surface area contributed by atoms with E-state index in [0.29, 0.717) is 17.7 Å². The lowest BCUT2D eigenvalue weighted by Crippen LogP contribution is -2.46. The van der Waals surface area contributed by atoms with Crippen LogP contribution in [0.4, 0.5) is 5.69 Å². The van der Waals surface area contributed by atoms with E-state index in [0.717, 1.165) is 44.7 Å². The predicted octanol–water partition coefficient (Wildman–Crippen LogP) is 1.26. The third-order valence-electron chi connectivity index (χ3n) is 4.61. The van der Waals surface area contributed by atoms with Crippen molar-refractivity contribution in [1.29, 1.82) is 0 Å². The summed E-state index contributed by atoms with van der Waals surface area (Å²) in [5.74, 6) is 0.923. The first kappa shape index (κ1) is 17.5. The fourth-order valence-corrected chi connectivity index (χ4v) is 3.12. The van der Waals surface area contributed by atoms with E-state index in [2.05, 4.69) is 14.8 Å². The van der Waals surface area contributed by atoms with Gasteiger partial charge in [0.1, 0.15) is 17.1 Å². The van der Waals surface area contributed by atoms with Crippen LogP contribution in [0.15, 0.2) is 41.1 Å². The van der Waals surface area contributed by atoms with Crippen LogP contribution in [0.2, 0.25) is 0 Å². The van der Waals surface area contributed by atoms with Gasteiger partial charge in [0.2, 0.25) is 5.88 Å². The molecule has 2 fully saturated rings. The molecule has 0 radical (unpaired) electrons. The number of hydrogen-bond donors (Lipinski definition) is 3. The average Bonchev–Trinajstić information content (AvgIpc) is 2.56. The smallest absolute Gasteiger partial charge is 0.215 e. The third-order valence-corrected chi connectivity index (χ3v) is 4.72. The van der Waals surface area contributed by atoms with Crippen LogP contribution in [0.1, 0.15) is 19.3 Å². The average molecular weight is 365 g/mol. The molecule has 0 unspecified atom stereocenters. The number of rotatable bonds is 5. The Bertz CT molecular complexity index is 657. The molecule has 1 saturated heterocycles. The van der Waals surface area contributed by atoms with Gasteiger partial charge in [-0.3, -0.25) is 0 Å². The van der Waals surface area contributed by atoms with Crippen LogP contribution in [0, 0.1) is 0 Å². The highest BCUT2D eigenvalue weighted by Gasteiger charge is 2.22. The van der Waals surface area contributed by atoms with Crippen LogP contribution in [0.25, 0.3) is 0 Å². The molecule has 6 N–H and O–H groups in total. The molecule has 1 aromatic heterocycles. The van der Waals surface area contributed by atoms with Gasteiger partial charge < -0.3 is 31.7 Å². The van der Waals surface area contributed by atoms with E-state index in [-0.39, 0.29) is 11.0 Å². The van der Waals surface area contributed by atoms with Crippen molar-refractivity contribution in [3.8, 4) is 5.88 Å². The van der Waals surface area contributed by atoms with Crippen molar-refractivity contribution in [2.24, 2.45) is 17.2 Å². The Morgan fingerprint density at radius 2 is 1.92 bits per heavy atom. The Labute approximate surface area is 153 Å². The maximum Gasteiger partial charge on any atom is 0.215 e. The summed E-state index contributed by atoms with van der Waals surface area (Å²) in [5.41, 5.74) is 18.9. The molecule has 0 aromatic carbocycles. The highest BCUT2D eigenvalue weighted by Crippen LogP contribution is 2.27. The normalized spacial score (nSPS) is 18.7. The molecular weight excluding hydrogens is 340 g/mol. The Morgan fingerprint density at radius 3 is 2.48 bits per heavy atom. The van der Waals surface area contributed by atoms with Gasteiger partial charge in [0.15, 0.2) is 0 Å². The molecule has 8 heteroatoms. The molecule has 2 heterocycles. The molecular formula is C17H25ClN6O. The minimum absolute atomic E-state index is 0.165.